The minimum absolute atomic E-state index is 0.0101. The Morgan fingerprint density at radius 3 is 1.35 bits per heavy atom. The van der Waals surface area contributed by atoms with Gasteiger partial charge in [-0.3, -0.25) is 4.90 Å². The molecule has 0 aliphatic rings. The van der Waals surface area contributed by atoms with E-state index in [1.165, 1.54) is 12.0 Å². The molecule has 0 unspecified atom stereocenters. The van der Waals surface area contributed by atoms with Crippen molar-refractivity contribution in [3.63, 3.8) is 0 Å². The van der Waals surface area contributed by atoms with Crippen LogP contribution in [0.15, 0.2) is 176 Å². The van der Waals surface area contributed by atoms with Gasteiger partial charge in [-0.2, -0.15) is 0 Å². The highest BCUT2D eigenvalue weighted by atomic mass is 16.6. The van der Waals surface area contributed by atoms with Crippen LogP contribution in [0.25, 0.3) is 0 Å². The van der Waals surface area contributed by atoms with Gasteiger partial charge in [-0.15, -0.1) is 0 Å². The lowest BCUT2D eigenvalue weighted by molar-refractivity contribution is -0.149. The Balaban J connectivity index is 1.42. The van der Waals surface area contributed by atoms with Gasteiger partial charge in [0.1, 0.15) is 36.9 Å². The van der Waals surface area contributed by atoms with E-state index in [4.69, 9.17) is 18.9 Å². The van der Waals surface area contributed by atoms with Gasteiger partial charge in [0.05, 0.1) is 7.11 Å². The second kappa shape index (κ2) is 16.9. The molecule has 6 aromatic carbocycles. The summed E-state index contributed by atoms with van der Waals surface area (Å²) in [6.07, 6.45) is -0.723. The fourth-order valence-corrected chi connectivity index (χ4v) is 6.17. The zero-order valence-electron chi connectivity index (χ0n) is 28.3. The summed E-state index contributed by atoms with van der Waals surface area (Å²) < 4.78 is 23.7. The number of methoxy groups -OCH3 is 1. The highest BCUT2D eigenvalue weighted by Gasteiger charge is 2.51. The first-order valence-electron chi connectivity index (χ1n) is 16.7. The number of benzene rings is 6. The number of carbonyl (C=O) groups excluding carboxylic acids is 2. The molecule has 0 aliphatic carbocycles. The fraction of sp³-hybridized carbons (Fsp3) is 0.136. The molecule has 0 saturated heterocycles. The summed E-state index contributed by atoms with van der Waals surface area (Å²) in [6, 6.07) is 54.1. The molecule has 0 fully saturated rings. The van der Waals surface area contributed by atoms with Crippen molar-refractivity contribution in [3.8, 4) is 11.5 Å². The SMILES string of the molecule is COC(=O)[C@H](COc1ccc(OCc2ccccc2)cc1)N(C(=O)OCc1ccccc1)C(c1ccccc1)(c1ccccc1)c1ccccc1. The van der Waals surface area contributed by atoms with Crippen LogP contribution in [0.5, 0.6) is 11.5 Å². The molecule has 0 saturated carbocycles. The highest BCUT2D eigenvalue weighted by molar-refractivity contribution is 5.84. The van der Waals surface area contributed by atoms with Crippen LogP contribution in [0.3, 0.4) is 0 Å². The van der Waals surface area contributed by atoms with E-state index < -0.39 is 23.6 Å². The predicted octanol–water partition coefficient (Wildman–Crippen LogP) is 8.82. The molecule has 7 nitrogen and oxygen atoms in total. The third-order valence-corrected chi connectivity index (χ3v) is 8.60. The largest absolute Gasteiger partial charge is 0.491 e. The summed E-state index contributed by atoms with van der Waals surface area (Å²) in [5.41, 5.74) is 2.73. The first-order valence-corrected chi connectivity index (χ1v) is 16.7. The molecule has 0 spiro atoms. The van der Waals surface area contributed by atoms with E-state index in [0.29, 0.717) is 18.1 Å². The van der Waals surface area contributed by atoms with Crippen LogP contribution < -0.4 is 9.47 Å². The summed E-state index contributed by atoms with van der Waals surface area (Å²) in [7, 11) is 1.30. The van der Waals surface area contributed by atoms with E-state index >= 15 is 0 Å². The van der Waals surface area contributed by atoms with Gasteiger partial charge in [-0.05, 0) is 52.1 Å². The van der Waals surface area contributed by atoms with Crippen molar-refractivity contribution in [1.29, 1.82) is 0 Å². The standard InChI is InChI=1S/C44H39NO6/c1-48-42(46)41(33-50-40-29-27-39(28-30-40)49-31-34-17-7-2-8-18-34)45(43(47)51-32-35-19-9-3-10-20-35)44(36-21-11-4-12-22-36,37-23-13-5-14-24-37)38-25-15-6-16-26-38/h2-30,41H,31-33H2,1H3/t41-/m0/s1. The number of esters is 1. The lowest BCUT2D eigenvalue weighted by Crippen LogP contribution is -2.60. The van der Waals surface area contributed by atoms with Gasteiger partial charge < -0.3 is 18.9 Å². The Labute approximate surface area is 298 Å². The van der Waals surface area contributed by atoms with Crippen LogP contribution in [-0.4, -0.2) is 36.7 Å². The molecule has 0 aromatic heterocycles. The topological polar surface area (TPSA) is 74.3 Å². The van der Waals surface area contributed by atoms with Crippen LogP contribution in [0, 0.1) is 0 Å². The van der Waals surface area contributed by atoms with Crippen molar-refractivity contribution in [1.82, 2.24) is 4.90 Å². The number of rotatable bonds is 14. The van der Waals surface area contributed by atoms with Gasteiger partial charge in [-0.25, -0.2) is 9.59 Å². The second-order valence-electron chi connectivity index (χ2n) is 11.8. The molecule has 0 N–H and O–H groups in total. The summed E-state index contributed by atoms with van der Waals surface area (Å²) >= 11 is 0. The molecule has 1 amide bonds. The smallest absolute Gasteiger partial charge is 0.412 e. The van der Waals surface area contributed by atoms with Gasteiger partial charge in [-0.1, -0.05) is 152 Å². The second-order valence-corrected chi connectivity index (χ2v) is 11.8. The minimum atomic E-state index is -1.35. The maximum atomic E-state index is 14.8. The Morgan fingerprint density at radius 1 is 0.529 bits per heavy atom. The maximum absolute atomic E-state index is 14.8. The molecule has 51 heavy (non-hydrogen) atoms. The molecule has 0 radical (unpaired) electrons. The number of ether oxygens (including phenoxy) is 4. The molecular weight excluding hydrogens is 638 g/mol. The lowest BCUT2D eigenvalue weighted by atomic mass is 9.75. The predicted molar refractivity (Wildman–Crippen MR) is 196 cm³/mol. The van der Waals surface area contributed by atoms with Crippen molar-refractivity contribution in [2.75, 3.05) is 13.7 Å². The van der Waals surface area contributed by atoms with Crippen LogP contribution >= 0.6 is 0 Å². The van der Waals surface area contributed by atoms with Crippen LogP contribution in [0.1, 0.15) is 27.8 Å². The zero-order valence-corrected chi connectivity index (χ0v) is 28.3. The van der Waals surface area contributed by atoms with Crippen LogP contribution in [-0.2, 0) is 33.0 Å². The first-order chi connectivity index (χ1) is 25.1. The Bertz CT molecular complexity index is 1860. The summed E-state index contributed by atoms with van der Waals surface area (Å²) in [5.74, 6) is 0.484. The van der Waals surface area contributed by atoms with E-state index in [9.17, 15) is 9.59 Å². The van der Waals surface area contributed by atoms with Crippen molar-refractivity contribution in [2.45, 2.75) is 24.8 Å². The molecule has 256 valence electrons. The summed E-state index contributed by atoms with van der Waals surface area (Å²) in [4.78, 5) is 30.3. The Morgan fingerprint density at radius 2 is 0.922 bits per heavy atom. The quantitative estimate of drug-likeness (QED) is 0.0848. The van der Waals surface area contributed by atoms with Gasteiger partial charge >= 0.3 is 12.1 Å². The van der Waals surface area contributed by atoms with Gasteiger partial charge in [0.2, 0.25) is 0 Å². The van der Waals surface area contributed by atoms with Gasteiger partial charge in [0.15, 0.2) is 6.04 Å². The minimum Gasteiger partial charge on any atom is -0.491 e. The summed E-state index contributed by atoms with van der Waals surface area (Å²) in [5, 5.41) is 0. The molecular formula is C44H39NO6. The number of hydrogen-bond acceptors (Lipinski definition) is 6. The normalized spacial score (nSPS) is 11.5. The fourth-order valence-electron chi connectivity index (χ4n) is 6.17. The number of nitrogens with zero attached hydrogens (tertiary/aromatic N) is 1. The van der Waals surface area contributed by atoms with E-state index in [2.05, 4.69) is 0 Å². The zero-order chi connectivity index (χ0) is 35.3. The van der Waals surface area contributed by atoms with Crippen molar-refractivity contribution in [3.05, 3.63) is 204 Å². The molecule has 1 atom stereocenters. The molecule has 6 aromatic rings. The lowest BCUT2D eigenvalue weighted by Gasteiger charge is -2.47. The van der Waals surface area contributed by atoms with Gasteiger partial charge in [0, 0.05) is 0 Å². The van der Waals surface area contributed by atoms with Crippen LogP contribution in [0.2, 0.25) is 0 Å². The Kier molecular flexibility index (Phi) is 11.4. The first kappa shape index (κ1) is 34.5. The van der Waals surface area contributed by atoms with Crippen LogP contribution in [0.4, 0.5) is 4.79 Å². The average molecular weight is 678 g/mol. The van der Waals surface area contributed by atoms with E-state index in [0.717, 1.165) is 27.8 Å². The number of carbonyl (C=O) groups is 2. The maximum Gasteiger partial charge on any atom is 0.412 e. The van der Waals surface area contributed by atoms with E-state index in [1.54, 1.807) is 24.3 Å². The van der Waals surface area contributed by atoms with E-state index in [1.807, 2.05) is 152 Å². The third kappa shape index (κ3) is 8.11. The van der Waals surface area contributed by atoms with Crippen molar-refractivity contribution in [2.24, 2.45) is 0 Å². The number of amides is 1. The molecule has 7 heteroatoms. The summed E-state index contributed by atoms with van der Waals surface area (Å²) in [6.45, 7) is 0.182. The molecule has 0 heterocycles. The number of hydrogen-bond donors (Lipinski definition) is 0. The monoisotopic (exact) mass is 677 g/mol. The highest BCUT2D eigenvalue weighted by Crippen LogP contribution is 2.44. The van der Waals surface area contributed by atoms with Gasteiger partial charge in [0.25, 0.3) is 0 Å². The van der Waals surface area contributed by atoms with Crippen molar-refractivity contribution >= 4 is 12.1 Å². The average Bonchev–Trinajstić information content (AvgIpc) is 3.21. The van der Waals surface area contributed by atoms with E-state index in [-0.39, 0.29) is 13.2 Å². The Hall–Kier alpha value is -6.34. The third-order valence-electron chi connectivity index (χ3n) is 8.60. The molecule has 0 bridgehead atoms. The molecule has 0 aliphatic heterocycles. The van der Waals surface area contributed by atoms with Crippen molar-refractivity contribution < 1.29 is 28.5 Å². The molecule has 6 rings (SSSR count).